The Morgan fingerprint density at radius 3 is 2.43 bits per heavy atom. The fourth-order valence-electron chi connectivity index (χ4n) is 1.86. The van der Waals surface area contributed by atoms with Crippen LogP contribution in [0.15, 0.2) is 34.8 Å². The second kappa shape index (κ2) is 9.50. The van der Waals surface area contributed by atoms with E-state index in [4.69, 9.17) is 15.2 Å². The van der Waals surface area contributed by atoms with Crippen molar-refractivity contribution in [1.29, 1.82) is 0 Å². The van der Waals surface area contributed by atoms with Gasteiger partial charge >= 0.3 is 5.97 Å². The number of carbonyl (C=O) groups excluding carboxylic acids is 1. The first kappa shape index (κ1) is 18.5. The molecule has 6 nitrogen and oxygen atoms in total. The Bertz CT molecular complexity index is 577. The zero-order chi connectivity index (χ0) is 17.2. The summed E-state index contributed by atoms with van der Waals surface area (Å²) < 4.78 is 10.0. The summed E-state index contributed by atoms with van der Waals surface area (Å²) in [5.41, 5.74) is 6.21. The van der Waals surface area contributed by atoms with Gasteiger partial charge in [-0.15, -0.1) is 0 Å². The lowest BCUT2D eigenvalue weighted by Crippen LogP contribution is -2.25. The van der Waals surface area contributed by atoms with Crippen molar-refractivity contribution in [3.05, 3.63) is 35.4 Å². The van der Waals surface area contributed by atoms with Crippen LogP contribution in [-0.4, -0.2) is 37.2 Å². The van der Waals surface area contributed by atoms with Crippen LogP contribution in [0.5, 0.6) is 5.75 Å². The van der Waals surface area contributed by atoms with Gasteiger partial charge in [0.2, 0.25) is 0 Å². The van der Waals surface area contributed by atoms with Crippen molar-refractivity contribution in [2.24, 2.45) is 10.7 Å². The van der Waals surface area contributed by atoms with E-state index in [0.717, 1.165) is 12.8 Å². The molecule has 0 aromatic heterocycles. The highest BCUT2D eigenvalue weighted by atomic mass is 16.5. The molecule has 126 valence electrons. The van der Waals surface area contributed by atoms with Gasteiger partial charge in [0.05, 0.1) is 13.7 Å². The molecule has 0 fully saturated rings. The number of carbonyl (C=O) groups is 1. The van der Waals surface area contributed by atoms with Gasteiger partial charge in [0.25, 0.3) is 0 Å². The fraction of sp³-hybridized carbons (Fsp3) is 0.412. The second-order valence-corrected chi connectivity index (χ2v) is 4.79. The lowest BCUT2D eigenvalue weighted by Gasteiger charge is -2.11. The van der Waals surface area contributed by atoms with Crippen molar-refractivity contribution in [2.45, 2.75) is 26.7 Å². The Labute approximate surface area is 136 Å². The molecule has 3 N–H and O–H groups in total. The third kappa shape index (κ3) is 5.32. The van der Waals surface area contributed by atoms with E-state index in [0.29, 0.717) is 17.9 Å². The Kier molecular flexibility index (Phi) is 7.66. The standard InChI is InChI=1S/C17H24N2O4/c1-4-6-11-19-16(18)14(17(21)23-5-2)15(20)12-7-9-13(22-3)10-8-12/h7-10,20H,4-6,11H2,1-3H3,(H2,18,19)/b15-14+. The van der Waals surface area contributed by atoms with Crippen molar-refractivity contribution < 1.29 is 19.4 Å². The summed E-state index contributed by atoms with van der Waals surface area (Å²) in [5.74, 6) is -0.337. The summed E-state index contributed by atoms with van der Waals surface area (Å²) in [7, 11) is 1.55. The number of aliphatic hydroxyl groups excluding tert-OH is 1. The van der Waals surface area contributed by atoms with Gasteiger partial charge in [-0.25, -0.2) is 4.79 Å². The molecule has 0 aliphatic heterocycles. The van der Waals surface area contributed by atoms with E-state index in [1.807, 2.05) is 6.92 Å². The molecule has 1 aromatic rings. The molecule has 0 heterocycles. The van der Waals surface area contributed by atoms with Crippen molar-refractivity contribution in [3.8, 4) is 5.75 Å². The van der Waals surface area contributed by atoms with Gasteiger partial charge in [0.15, 0.2) is 0 Å². The second-order valence-electron chi connectivity index (χ2n) is 4.79. The van der Waals surface area contributed by atoms with Crippen LogP contribution in [0, 0.1) is 0 Å². The Balaban J connectivity index is 3.23. The smallest absolute Gasteiger partial charge is 0.345 e. The molecule has 0 saturated carbocycles. The van der Waals surface area contributed by atoms with Crippen molar-refractivity contribution >= 4 is 17.6 Å². The van der Waals surface area contributed by atoms with Gasteiger partial charge in [0, 0.05) is 12.1 Å². The number of benzene rings is 1. The molecule has 0 bridgehead atoms. The number of methoxy groups -OCH3 is 1. The maximum absolute atomic E-state index is 12.1. The number of hydrogen-bond donors (Lipinski definition) is 2. The van der Waals surface area contributed by atoms with E-state index in [-0.39, 0.29) is 23.8 Å². The third-order valence-corrected chi connectivity index (χ3v) is 3.13. The number of rotatable bonds is 8. The molecule has 0 spiro atoms. The summed E-state index contributed by atoms with van der Waals surface area (Å²) in [5, 5.41) is 10.4. The van der Waals surface area contributed by atoms with Crippen LogP contribution in [0.25, 0.3) is 5.76 Å². The molecule has 0 aliphatic carbocycles. The first-order valence-electron chi connectivity index (χ1n) is 7.60. The zero-order valence-corrected chi connectivity index (χ0v) is 13.8. The highest BCUT2D eigenvalue weighted by Crippen LogP contribution is 2.20. The SMILES string of the molecule is CCCCN=C(N)/C(C(=O)OCC)=C(\O)c1ccc(OC)cc1. The molecule has 0 radical (unpaired) electrons. The van der Waals surface area contributed by atoms with Crippen molar-refractivity contribution in [1.82, 2.24) is 0 Å². The predicted octanol–water partition coefficient (Wildman–Crippen LogP) is 2.68. The topological polar surface area (TPSA) is 94.1 Å². The summed E-state index contributed by atoms with van der Waals surface area (Å²) >= 11 is 0. The van der Waals surface area contributed by atoms with E-state index in [9.17, 15) is 9.90 Å². The summed E-state index contributed by atoms with van der Waals surface area (Å²) in [6.07, 6.45) is 1.81. The lowest BCUT2D eigenvalue weighted by atomic mass is 10.1. The minimum Gasteiger partial charge on any atom is -0.506 e. The van der Waals surface area contributed by atoms with Crippen molar-refractivity contribution in [2.75, 3.05) is 20.3 Å². The lowest BCUT2D eigenvalue weighted by molar-refractivity contribution is -0.137. The normalized spacial score (nSPS) is 12.6. The van der Waals surface area contributed by atoms with Gasteiger partial charge in [-0.05, 0) is 37.6 Å². The Morgan fingerprint density at radius 2 is 1.91 bits per heavy atom. The monoisotopic (exact) mass is 320 g/mol. The quantitative estimate of drug-likeness (QED) is 0.192. The van der Waals surface area contributed by atoms with Crippen LogP contribution in [0.3, 0.4) is 0 Å². The van der Waals surface area contributed by atoms with Crippen LogP contribution in [0.4, 0.5) is 0 Å². The summed E-state index contributed by atoms with van der Waals surface area (Å²) in [6.45, 7) is 4.38. The molecule has 23 heavy (non-hydrogen) atoms. The molecule has 0 atom stereocenters. The number of nitrogens with zero attached hydrogens (tertiary/aromatic N) is 1. The average molecular weight is 320 g/mol. The fourth-order valence-corrected chi connectivity index (χ4v) is 1.86. The molecule has 1 rings (SSSR count). The first-order valence-corrected chi connectivity index (χ1v) is 7.60. The molecular weight excluding hydrogens is 296 g/mol. The third-order valence-electron chi connectivity index (χ3n) is 3.13. The first-order chi connectivity index (χ1) is 11.0. The van der Waals surface area contributed by atoms with Crippen LogP contribution in [0.2, 0.25) is 0 Å². The number of aliphatic hydroxyl groups is 1. The van der Waals surface area contributed by atoms with Crippen molar-refractivity contribution in [3.63, 3.8) is 0 Å². The van der Waals surface area contributed by atoms with E-state index < -0.39 is 5.97 Å². The minimum atomic E-state index is -0.696. The van der Waals surface area contributed by atoms with Gasteiger partial charge in [0.1, 0.15) is 22.9 Å². The van der Waals surface area contributed by atoms with Gasteiger partial charge in [-0.3, -0.25) is 4.99 Å². The number of amidine groups is 1. The highest BCUT2D eigenvalue weighted by molar-refractivity contribution is 6.22. The predicted molar refractivity (Wildman–Crippen MR) is 90.6 cm³/mol. The average Bonchev–Trinajstić information content (AvgIpc) is 2.55. The van der Waals surface area contributed by atoms with Crippen LogP contribution >= 0.6 is 0 Å². The number of ether oxygens (including phenoxy) is 2. The highest BCUT2D eigenvalue weighted by Gasteiger charge is 2.21. The van der Waals surface area contributed by atoms with Crippen LogP contribution in [-0.2, 0) is 9.53 Å². The molecular formula is C17H24N2O4. The number of hydrogen-bond acceptors (Lipinski definition) is 5. The number of esters is 1. The summed E-state index contributed by atoms with van der Waals surface area (Å²) in [6, 6.07) is 6.62. The Morgan fingerprint density at radius 1 is 1.26 bits per heavy atom. The number of aliphatic imine (C=N–C) groups is 1. The molecule has 0 aliphatic rings. The van der Waals surface area contributed by atoms with E-state index in [2.05, 4.69) is 4.99 Å². The van der Waals surface area contributed by atoms with E-state index in [1.165, 1.54) is 0 Å². The van der Waals surface area contributed by atoms with Crippen LogP contribution in [0.1, 0.15) is 32.3 Å². The maximum atomic E-state index is 12.1. The number of nitrogens with two attached hydrogens (primary N) is 1. The van der Waals surface area contributed by atoms with Gasteiger partial charge < -0.3 is 20.3 Å². The molecule has 0 saturated heterocycles. The van der Waals surface area contributed by atoms with Gasteiger partial charge in [-0.1, -0.05) is 13.3 Å². The minimum absolute atomic E-state index is 0.0229. The maximum Gasteiger partial charge on any atom is 0.345 e. The Hall–Kier alpha value is -2.50. The molecule has 1 aromatic carbocycles. The summed E-state index contributed by atoms with van der Waals surface area (Å²) in [4.78, 5) is 16.3. The van der Waals surface area contributed by atoms with Crippen LogP contribution < -0.4 is 10.5 Å². The molecule has 0 unspecified atom stereocenters. The number of unbranched alkanes of at least 4 members (excludes halogenated alkanes) is 1. The molecule has 0 amide bonds. The largest absolute Gasteiger partial charge is 0.506 e. The molecule has 6 heteroatoms. The van der Waals surface area contributed by atoms with Gasteiger partial charge in [-0.2, -0.15) is 0 Å². The van der Waals surface area contributed by atoms with E-state index >= 15 is 0 Å². The zero-order valence-electron chi connectivity index (χ0n) is 13.8. The van der Waals surface area contributed by atoms with E-state index in [1.54, 1.807) is 38.3 Å².